The van der Waals surface area contributed by atoms with Crippen molar-refractivity contribution in [1.82, 2.24) is 15.1 Å². The second-order valence-corrected chi connectivity index (χ2v) is 6.05. The van der Waals surface area contributed by atoms with Gasteiger partial charge in [0.25, 0.3) is 0 Å². The van der Waals surface area contributed by atoms with Crippen LogP contribution < -0.4 is 5.32 Å². The van der Waals surface area contributed by atoms with Crippen LogP contribution in [0.25, 0.3) is 11.1 Å². The molecule has 0 saturated heterocycles. The molecule has 0 saturated carbocycles. The molecule has 1 aromatic carbocycles. The summed E-state index contributed by atoms with van der Waals surface area (Å²) < 4.78 is 2.08. The van der Waals surface area contributed by atoms with Crippen molar-refractivity contribution in [2.75, 3.05) is 0 Å². The molecule has 0 atom stereocenters. The Bertz CT molecular complexity index is 624. The molecule has 0 unspecified atom stereocenters. The van der Waals surface area contributed by atoms with Crippen LogP contribution in [0.4, 0.5) is 0 Å². The van der Waals surface area contributed by atoms with E-state index in [1.54, 1.807) is 0 Å². The van der Waals surface area contributed by atoms with Crippen LogP contribution in [0.5, 0.6) is 0 Å². The normalized spacial score (nSPS) is 11.4. The van der Waals surface area contributed by atoms with Crippen molar-refractivity contribution < 1.29 is 0 Å². The van der Waals surface area contributed by atoms with Crippen molar-refractivity contribution in [3.8, 4) is 11.1 Å². The van der Waals surface area contributed by atoms with Gasteiger partial charge in [0.1, 0.15) is 0 Å². The van der Waals surface area contributed by atoms with Gasteiger partial charge in [-0.15, -0.1) is 0 Å². The van der Waals surface area contributed by atoms with E-state index < -0.39 is 0 Å². The van der Waals surface area contributed by atoms with E-state index in [9.17, 15) is 0 Å². The molecule has 1 heterocycles. The molecule has 3 nitrogen and oxygen atoms in total. The first-order valence-corrected chi connectivity index (χ1v) is 7.81. The summed E-state index contributed by atoms with van der Waals surface area (Å²) in [5, 5.41) is 8.10. The SMILES string of the molecule is CCn1nc(C)c(-c2ccc(CNC(C)C)cc2C)c1C. The summed E-state index contributed by atoms with van der Waals surface area (Å²) in [6.45, 7) is 14.8. The highest BCUT2D eigenvalue weighted by Crippen LogP contribution is 2.30. The van der Waals surface area contributed by atoms with Crippen LogP contribution in [-0.4, -0.2) is 15.8 Å². The van der Waals surface area contributed by atoms with Crippen molar-refractivity contribution in [2.45, 2.75) is 60.7 Å². The van der Waals surface area contributed by atoms with Gasteiger partial charge in [0, 0.05) is 30.4 Å². The highest BCUT2D eigenvalue weighted by molar-refractivity contribution is 5.72. The summed E-state index contributed by atoms with van der Waals surface area (Å²) in [5.41, 5.74) is 7.62. The fourth-order valence-electron chi connectivity index (χ4n) is 2.83. The molecule has 0 aliphatic heterocycles. The van der Waals surface area contributed by atoms with Crippen LogP contribution >= 0.6 is 0 Å². The Hall–Kier alpha value is -1.61. The molecule has 1 aromatic heterocycles. The minimum Gasteiger partial charge on any atom is -0.310 e. The predicted molar refractivity (Wildman–Crippen MR) is 89.5 cm³/mol. The van der Waals surface area contributed by atoms with Crippen molar-refractivity contribution in [3.05, 3.63) is 40.7 Å². The lowest BCUT2D eigenvalue weighted by atomic mass is 9.97. The van der Waals surface area contributed by atoms with Crippen molar-refractivity contribution in [2.24, 2.45) is 0 Å². The van der Waals surface area contributed by atoms with Crippen molar-refractivity contribution in [1.29, 1.82) is 0 Å². The smallest absolute Gasteiger partial charge is 0.0675 e. The number of benzene rings is 1. The van der Waals surface area contributed by atoms with Crippen LogP contribution in [0.15, 0.2) is 18.2 Å². The molecule has 2 aromatic rings. The van der Waals surface area contributed by atoms with Crippen LogP contribution in [0, 0.1) is 20.8 Å². The molecule has 0 amide bonds. The molecule has 0 fully saturated rings. The topological polar surface area (TPSA) is 29.9 Å². The lowest BCUT2D eigenvalue weighted by Crippen LogP contribution is -2.21. The van der Waals surface area contributed by atoms with Crippen LogP contribution in [0.1, 0.15) is 43.3 Å². The Morgan fingerprint density at radius 3 is 2.43 bits per heavy atom. The van der Waals surface area contributed by atoms with Crippen LogP contribution in [-0.2, 0) is 13.1 Å². The molecule has 3 heteroatoms. The molecule has 0 aliphatic rings. The number of aromatic nitrogens is 2. The maximum atomic E-state index is 4.63. The largest absolute Gasteiger partial charge is 0.310 e. The Kier molecular flexibility index (Phi) is 4.84. The lowest BCUT2D eigenvalue weighted by Gasteiger charge is -2.12. The number of nitrogens with one attached hydrogen (secondary N) is 1. The molecule has 0 bridgehead atoms. The minimum absolute atomic E-state index is 0.511. The average molecular weight is 285 g/mol. The zero-order valence-electron chi connectivity index (χ0n) is 14.1. The molecule has 0 radical (unpaired) electrons. The lowest BCUT2D eigenvalue weighted by molar-refractivity contribution is 0.589. The number of hydrogen-bond acceptors (Lipinski definition) is 2. The molecular formula is C18H27N3. The summed E-state index contributed by atoms with van der Waals surface area (Å²) in [5.74, 6) is 0. The summed E-state index contributed by atoms with van der Waals surface area (Å²) in [7, 11) is 0. The maximum absolute atomic E-state index is 4.63. The summed E-state index contributed by atoms with van der Waals surface area (Å²) in [4.78, 5) is 0. The zero-order chi connectivity index (χ0) is 15.6. The van der Waals surface area contributed by atoms with Gasteiger partial charge in [-0.05, 0) is 44.4 Å². The van der Waals surface area contributed by atoms with Crippen LogP contribution in [0.3, 0.4) is 0 Å². The average Bonchev–Trinajstić information content (AvgIpc) is 2.72. The summed E-state index contributed by atoms with van der Waals surface area (Å²) in [6.07, 6.45) is 0. The minimum atomic E-state index is 0.511. The quantitative estimate of drug-likeness (QED) is 0.900. The first kappa shape index (κ1) is 15.8. The highest BCUT2D eigenvalue weighted by Gasteiger charge is 2.14. The van der Waals surface area contributed by atoms with Gasteiger partial charge >= 0.3 is 0 Å². The fourth-order valence-corrected chi connectivity index (χ4v) is 2.83. The predicted octanol–water partition coefficient (Wildman–Crippen LogP) is 3.99. The van der Waals surface area contributed by atoms with E-state index in [0.29, 0.717) is 6.04 Å². The Morgan fingerprint density at radius 1 is 1.19 bits per heavy atom. The third-order valence-electron chi connectivity index (χ3n) is 3.96. The molecule has 21 heavy (non-hydrogen) atoms. The van der Waals surface area contributed by atoms with Gasteiger partial charge in [-0.25, -0.2) is 0 Å². The van der Waals surface area contributed by atoms with Crippen LogP contribution in [0.2, 0.25) is 0 Å². The van der Waals surface area contributed by atoms with E-state index >= 15 is 0 Å². The number of nitrogens with zero attached hydrogens (tertiary/aromatic N) is 2. The first-order chi connectivity index (χ1) is 9.93. The highest BCUT2D eigenvalue weighted by atomic mass is 15.3. The third kappa shape index (κ3) is 3.35. The molecule has 0 spiro atoms. The summed E-state index contributed by atoms with van der Waals surface area (Å²) in [6, 6.07) is 7.26. The van der Waals surface area contributed by atoms with Gasteiger partial charge in [0.15, 0.2) is 0 Å². The number of aryl methyl sites for hydroxylation is 3. The maximum Gasteiger partial charge on any atom is 0.0675 e. The van der Waals surface area contributed by atoms with Gasteiger partial charge in [0.05, 0.1) is 5.69 Å². The molecule has 2 rings (SSSR count). The summed E-state index contributed by atoms with van der Waals surface area (Å²) >= 11 is 0. The molecule has 1 N–H and O–H groups in total. The van der Waals surface area contributed by atoms with E-state index in [1.807, 2.05) is 0 Å². The van der Waals surface area contributed by atoms with E-state index in [1.165, 1.54) is 27.9 Å². The standard InChI is InChI=1S/C18H27N3/c1-7-21-15(6)18(14(5)20-21)17-9-8-16(10-13(17)4)11-19-12(2)3/h8-10,12,19H,7,11H2,1-6H3. The van der Waals surface area contributed by atoms with Gasteiger partial charge < -0.3 is 5.32 Å². The van der Waals surface area contributed by atoms with Crippen molar-refractivity contribution in [3.63, 3.8) is 0 Å². The second-order valence-electron chi connectivity index (χ2n) is 6.05. The third-order valence-corrected chi connectivity index (χ3v) is 3.96. The molecular weight excluding hydrogens is 258 g/mol. The monoisotopic (exact) mass is 285 g/mol. The molecule has 0 aliphatic carbocycles. The van der Waals surface area contributed by atoms with E-state index in [-0.39, 0.29) is 0 Å². The Morgan fingerprint density at radius 2 is 1.90 bits per heavy atom. The van der Waals surface area contributed by atoms with E-state index in [4.69, 9.17) is 0 Å². The van der Waals surface area contributed by atoms with Gasteiger partial charge in [-0.1, -0.05) is 32.0 Å². The fraction of sp³-hybridized carbons (Fsp3) is 0.500. The Balaban J connectivity index is 2.35. The number of hydrogen-bond donors (Lipinski definition) is 1. The second kappa shape index (κ2) is 6.44. The van der Waals surface area contributed by atoms with Gasteiger partial charge in [-0.3, -0.25) is 4.68 Å². The van der Waals surface area contributed by atoms with E-state index in [2.05, 4.69) is 74.8 Å². The number of rotatable bonds is 5. The van der Waals surface area contributed by atoms with Gasteiger partial charge in [0.2, 0.25) is 0 Å². The van der Waals surface area contributed by atoms with Gasteiger partial charge in [-0.2, -0.15) is 5.10 Å². The van der Waals surface area contributed by atoms with Crippen molar-refractivity contribution >= 4 is 0 Å². The first-order valence-electron chi connectivity index (χ1n) is 7.81. The molecule has 114 valence electrons. The Labute approximate surface area is 128 Å². The zero-order valence-corrected chi connectivity index (χ0v) is 14.1. The van der Waals surface area contributed by atoms with E-state index in [0.717, 1.165) is 18.8 Å².